The van der Waals surface area contributed by atoms with Gasteiger partial charge in [0.15, 0.2) is 0 Å². The highest BCUT2D eigenvalue weighted by atomic mass is 32.1. The van der Waals surface area contributed by atoms with E-state index >= 15 is 0 Å². The molecule has 0 amide bonds. The number of anilines is 1. The Morgan fingerprint density at radius 3 is 2.45 bits per heavy atom. The number of hydrogen-bond acceptors (Lipinski definition) is 5. The molecule has 1 N–H and O–H groups in total. The molecule has 3 aromatic rings. The zero-order valence-corrected chi connectivity index (χ0v) is 16.6. The van der Waals surface area contributed by atoms with Crippen molar-refractivity contribution in [1.29, 1.82) is 0 Å². The first kappa shape index (κ1) is 22.3. The van der Waals surface area contributed by atoms with Gasteiger partial charge in [0.2, 0.25) is 10.3 Å². The Morgan fingerprint density at radius 1 is 1.19 bits per heavy atom. The van der Waals surface area contributed by atoms with E-state index in [4.69, 9.17) is 0 Å². The number of hydrogen-bond donors (Lipinski definition) is 1. The van der Waals surface area contributed by atoms with Crippen molar-refractivity contribution in [3.05, 3.63) is 70.1 Å². The molecule has 162 valence electrons. The van der Waals surface area contributed by atoms with Crippen molar-refractivity contribution in [2.75, 3.05) is 11.6 Å². The van der Waals surface area contributed by atoms with Gasteiger partial charge in [0.05, 0.1) is 17.3 Å². The molecule has 0 aliphatic rings. The van der Waals surface area contributed by atoms with E-state index < -0.39 is 28.7 Å². The molecule has 0 aliphatic carbocycles. The number of thiazole rings is 1. The maximum absolute atomic E-state index is 14.4. The molecule has 0 atom stereocenters. The summed E-state index contributed by atoms with van der Waals surface area (Å²) in [7, 11) is 0. The Hall–Kier alpha value is -3.34. The molecule has 2 aromatic carbocycles. The fourth-order valence-corrected chi connectivity index (χ4v) is 3.46. The van der Waals surface area contributed by atoms with Crippen LogP contribution in [-0.2, 0) is 6.18 Å². The number of aromatic nitrogens is 1. The van der Waals surface area contributed by atoms with Gasteiger partial charge >= 0.3 is 12.1 Å². The minimum atomic E-state index is -4.51. The minimum absolute atomic E-state index is 0.116. The van der Waals surface area contributed by atoms with Gasteiger partial charge in [0.25, 0.3) is 0 Å². The fraction of sp³-hybridized carbons (Fsp3) is 0.150. The summed E-state index contributed by atoms with van der Waals surface area (Å²) in [5, 5.41) is 14.0. The lowest BCUT2D eigenvalue weighted by atomic mass is 10.1. The highest BCUT2D eigenvalue weighted by Gasteiger charge is 2.30. The van der Waals surface area contributed by atoms with Crippen molar-refractivity contribution in [3.63, 3.8) is 0 Å². The van der Waals surface area contributed by atoms with Crippen molar-refractivity contribution < 1.29 is 31.9 Å². The van der Waals surface area contributed by atoms with Crippen molar-refractivity contribution in [2.24, 2.45) is 5.10 Å². The summed E-state index contributed by atoms with van der Waals surface area (Å²) in [6.07, 6.45) is -3.32. The van der Waals surface area contributed by atoms with Crippen LogP contribution in [0.25, 0.3) is 11.3 Å². The number of carboxylic acids is 1. The van der Waals surface area contributed by atoms with E-state index in [2.05, 4.69) is 10.1 Å². The molecule has 0 saturated carbocycles. The largest absolute Gasteiger partial charge is 0.478 e. The molecule has 3 rings (SSSR count). The molecule has 0 aliphatic heterocycles. The summed E-state index contributed by atoms with van der Waals surface area (Å²) in [4.78, 5) is 15.4. The van der Waals surface area contributed by atoms with E-state index in [9.17, 15) is 31.9 Å². The maximum Gasteiger partial charge on any atom is 0.416 e. The minimum Gasteiger partial charge on any atom is -0.478 e. The number of halogens is 5. The number of rotatable bonds is 6. The van der Waals surface area contributed by atoms with E-state index in [1.807, 2.05) is 0 Å². The topological polar surface area (TPSA) is 65.8 Å². The van der Waals surface area contributed by atoms with Gasteiger partial charge in [-0.25, -0.2) is 19.2 Å². The summed E-state index contributed by atoms with van der Waals surface area (Å²) >= 11 is 0.636. The molecule has 0 unspecified atom stereocenters. The monoisotopic (exact) mass is 455 g/mol. The molecule has 1 aromatic heterocycles. The van der Waals surface area contributed by atoms with Gasteiger partial charge in [0, 0.05) is 17.7 Å². The molecule has 0 fully saturated rings. The summed E-state index contributed by atoms with van der Waals surface area (Å²) < 4.78 is 65.9. The second-order valence-corrected chi connectivity index (χ2v) is 7.12. The summed E-state index contributed by atoms with van der Waals surface area (Å²) in [6.45, 7) is 1.93. The summed E-state index contributed by atoms with van der Waals surface area (Å²) in [5.74, 6) is -2.06. The Labute approximate surface area is 177 Å². The van der Waals surface area contributed by atoms with Crippen LogP contribution in [0, 0.1) is 10.9 Å². The van der Waals surface area contributed by atoms with Crippen LogP contribution < -0.4 is 5.01 Å². The first-order valence-corrected chi connectivity index (χ1v) is 9.60. The van der Waals surface area contributed by atoms with Crippen molar-refractivity contribution >= 4 is 28.7 Å². The average Bonchev–Trinajstić information content (AvgIpc) is 3.10. The van der Waals surface area contributed by atoms with Gasteiger partial charge in [-0.3, -0.25) is 0 Å². The number of carbonyl (C=O) groups is 1. The fourth-order valence-electron chi connectivity index (χ4n) is 2.62. The Bertz CT molecular complexity index is 1130. The molecular weight excluding hydrogens is 441 g/mol. The molecular formula is C20H14F5N3O2S. The van der Waals surface area contributed by atoms with Crippen LogP contribution in [-0.4, -0.2) is 28.8 Å². The Morgan fingerprint density at radius 2 is 1.87 bits per heavy atom. The molecule has 0 spiro atoms. The predicted octanol–water partition coefficient (Wildman–Crippen LogP) is 5.67. The molecule has 31 heavy (non-hydrogen) atoms. The SMILES string of the molecule is CCN(/N=C/c1ccc(F)cc1C(=O)O)c1nc(-c2ccc(C(F)(F)F)cc2)c(F)s1. The number of hydrazone groups is 1. The third kappa shape index (κ3) is 5.05. The highest BCUT2D eigenvalue weighted by Crippen LogP contribution is 2.34. The standard InChI is InChI=1S/C20H14F5N3O2S/c1-2-28(26-10-12-5-8-14(21)9-15(12)18(29)30)19-27-16(17(22)31-19)11-3-6-13(7-4-11)20(23,24)25/h3-10H,2H2,1H3,(H,29,30)/b26-10+. The first-order valence-electron chi connectivity index (χ1n) is 8.78. The van der Waals surface area contributed by atoms with Crippen LogP contribution in [0.5, 0.6) is 0 Å². The number of carboxylic acid groups (broad SMARTS) is 1. The molecule has 0 saturated heterocycles. The predicted molar refractivity (Wildman–Crippen MR) is 106 cm³/mol. The molecule has 1 heterocycles. The van der Waals surface area contributed by atoms with Gasteiger partial charge in [-0.15, -0.1) is 0 Å². The maximum atomic E-state index is 14.4. The van der Waals surface area contributed by atoms with Crippen LogP contribution in [0.15, 0.2) is 47.6 Å². The number of alkyl halides is 3. The second kappa shape index (κ2) is 8.80. The van der Waals surface area contributed by atoms with Gasteiger partial charge in [-0.05, 0) is 37.3 Å². The smallest absolute Gasteiger partial charge is 0.416 e. The van der Waals surface area contributed by atoms with Gasteiger partial charge in [-0.2, -0.15) is 22.7 Å². The van der Waals surface area contributed by atoms with Crippen LogP contribution in [0.3, 0.4) is 0 Å². The third-order valence-corrected chi connectivity index (χ3v) is 5.02. The zero-order valence-electron chi connectivity index (χ0n) is 15.8. The van der Waals surface area contributed by atoms with Crippen LogP contribution in [0.4, 0.5) is 27.1 Å². The van der Waals surface area contributed by atoms with Crippen molar-refractivity contribution in [1.82, 2.24) is 4.98 Å². The average molecular weight is 455 g/mol. The Balaban J connectivity index is 1.89. The number of benzene rings is 2. The lowest BCUT2D eigenvalue weighted by molar-refractivity contribution is -0.137. The quantitative estimate of drug-likeness (QED) is 0.296. The third-order valence-electron chi connectivity index (χ3n) is 4.16. The summed E-state index contributed by atoms with van der Waals surface area (Å²) in [6, 6.07) is 7.11. The molecule has 11 heteroatoms. The number of aromatic carboxylic acids is 1. The van der Waals surface area contributed by atoms with E-state index in [-0.39, 0.29) is 34.1 Å². The van der Waals surface area contributed by atoms with E-state index in [0.29, 0.717) is 11.3 Å². The van der Waals surface area contributed by atoms with Gasteiger partial charge in [0.1, 0.15) is 11.5 Å². The second-order valence-electron chi connectivity index (χ2n) is 6.19. The normalized spacial score (nSPS) is 11.8. The first-order chi connectivity index (χ1) is 14.6. The van der Waals surface area contributed by atoms with Crippen LogP contribution in [0.1, 0.15) is 28.4 Å². The Kier molecular flexibility index (Phi) is 6.34. The molecule has 5 nitrogen and oxygen atoms in total. The van der Waals surface area contributed by atoms with E-state index in [1.165, 1.54) is 17.3 Å². The lowest BCUT2D eigenvalue weighted by Gasteiger charge is -2.12. The van der Waals surface area contributed by atoms with Crippen LogP contribution >= 0.6 is 11.3 Å². The molecule has 0 radical (unpaired) electrons. The highest BCUT2D eigenvalue weighted by molar-refractivity contribution is 7.14. The lowest BCUT2D eigenvalue weighted by Crippen LogP contribution is -2.16. The van der Waals surface area contributed by atoms with E-state index in [0.717, 1.165) is 36.4 Å². The van der Waals surface area contributed by atoms with E-state index in [1.54, 1.807) is 6.92 Å². The van der Waals surface area contributed by atoms with Crippen LogP contribution in [0.2, 0.25) is 0 Å². The van der Waals surface area contributed by atoms with Gasteiger partial charge in [-0.1, -0.05) is 23.5 Å². The van der Waals surface area contributed by atoms with Gasteiger partial charge < -0.3 is 5.11 Å². The molecule has 0 bridgehead atoms. The number of nitrogens with zero attached hydrogens (tertiary/aromatic N) is 3. The zero-order chi connectivity index (χ0) is 22.8. The van der Waals surface area contributed by atoms with Crippen molar-refractivity contribution in [3.8, 4) is 11.3 Å². The van der Waals surface area contributed by atoms with Crippen molar-refractivity contribution in [2.45, 2.75) is 13.1 Å². The summed E-state index contributed by atoms with van der Waals surface area (Å²) in [5.41, 5.74) is -0.988.